The first-order valence-corrected chi connectivity index (χ1v) is 9.78. The maximum absolute atomic E-state index is 12.0. The molecule has 0 fully saturated rings. The van der Waals surface area contributed by atoms with Gasteiger partial charge in [0.2, 0.25) is 5.91 Å². The average molecular weight is 436 g/mol. The molecule has 0 radical (unpaired) electrons. The summed E-state index contributed by atoms with van der Waals surface area (Å²) in [5, 5.41) is 4.49. The van der Waals surface area contributed by atoms with Gasteiger partial charge in [-0.2, -0.15) is 0 Å². The summed E-state index contributed by atoms with van der Waals surface area (Å²) in [6.07, 6.45) is 2.92. The van der Waals surface area contributed by atoms with E-state index in [-0.39, 0.29) is 11.7 Å². The number of amides is 2. The fraction of sp³-hybridized carbons (Fsp3) is 0.0870. The molecule has 0 aliphatic carbocycles. The lowest BCUT2D eigenvalue weighted by atomic mass is 10.1. The van der Waals surface area contributed by atoms with E-state index in [4.69, 9.17) is 21.7 Å². The van der Waals surface area contributed by atoms with Crippen molar-refractivity contribution < 1.29 is 19.1 Å². The summed E-state index contributed by atoms with van der Waals surface area (Å²) in [5.41, 5.74) is 5.58. The van der Waals surface area contributed by atoms with Gasteiger partial charge in [-0.1, -0.05) is 48.5 Å². The number of benzene rings is 3. The van der Waals surface area contributed by atoms with E-state index >= 15 is 0 Å². The maximum Gasteiger partial charge on any atom is 0.276 e. The van der Waals surface area contributed by atoms with Gasteiger partial charge < -0.3 is 9.47 Å². The highest BCUT2D eigenvalue weighted by atomic mass is 32.1. The molecule has 0 bridgehead atoms. The third-order valence-electron chi connectivity index (χ3n) is 4.20. The number of para-hydroxylation sites is 1. The molecule has 0 saturated carbocycles. The Labute approximate surface area is 185 Å². The lowest BCUT2D eigenvalue weighted by Crippen LogP contribution is -2.49. The lowest BCUT2D eigenvalue weighted by molar-refractivity contribution is -0.123. The van der Waals surface area contributed by atoms with Gasteiger partial charge in [-0.15, -0.1) is 0 Å². The summed E-state index contributed by atoms with van der Waals surface area (Å²) in [6, 6.07) is 20.7. The van der Waals surface area contributed by atoms with Gasteiger partial charge in [0.25, 0.3) is 5.91 Å². The van der Waals surface area contributed by atoms with E-state index in [1.54, 1.807) is 25.3 Å². The monoisotopic (exact) mass is 435 g/mol. The first kappa shape index (κ1) is 21.8. The minimum Gasteiger partial charge on any atom is -0.496 e. The predicted octanol–water partition coefficient (Wildman–Crippen LogP) is 2.96. The Balaban J connectivity index is 1.41. The molecule has 7 nitrogen and oxygen atoms in total. The number of thiocarbonyl (C=S) groups is 1. The van der Waals surface area contributed by atoms with Crippen LogP contribution in [0.25, 0.3) is 16.8 Å². The zero-order chi connectivity index (χ0) is 22.1. The first-order chi connectivity index (χ1) is 15.0. The smallest absolute Gasteiger partial charge is 0.276 e. The molecule has 0 heterocycles. The molecule has 158 valence electrons. The number of carbonyl (C=O) groups is 2. The van der Waals surface area contributed by atoms with Crippen molar-refractivity contribution in [2.24, 2.45) is 0 Å². The van der Waals surface area contributed by atoms with Crippen molar-refractivity contribution >= 4 is 46.0 Å². The van der Waals surface area contributed by atoms with Crippen molar-refractivity contribution in [1.82, 2.24) is 16.2 Å². The molecule has 8 heteroatoms. The van der Waals surface area contributed by atoms with Crippen LogP contribution < -0.4 is 25.6 Å². The van der Waals surface area contributed by atoms with Crippen LogP contribution in [-0.2, 0) is 9.59 Å². The fourth-order valence-electron chi connectivity index (χ4n) is 2.72. The van der Waals surface area contributed by atoms with E-state index in [1.807, 2.05) is 54.6 Å². The van der Waals surface area contributed by atoms with Crippen molar-refractivity contribution in [2.75, 3.05) is 13.7 Å². The zero-order valence-corrected chi connectivity index (χ0v) is 17.6. The maximum atomic E-state index is 12.0. The van der Waals surface area contributed by atoms with E-state index < -0.39 is 11.8 Å². The SMILES string of the molecule is COc1ccccc1/C=C/C(=O)NC(=S)NNC(=O)COc1ccc2ccccc2c1. The second-order valence-corrected chi connectivity index (χ2v) is 6.77. The molecule has 31 heavy (non-hydrogen) atoms. The highest BCUT2D eigenvalue weighted by Crippen LogP contribution is 2.20. The zero-order valence-electron chi connectivity index (χ0n) is 16.8. The van der Waals surface area contributed by atoms with Crippen molar-refractivity contribution in [3.05, 3.63) is 78.4 Å². The van der Waals surface area contributed by atoms with Crippen LogP contribution in [0.2, 0.25) is 0 Å². The number of hydrazine groups is 1. The summed E-state index contributed by atoms with van der Waals surface area (Å²) in [4.78, 5) is 23.9. The number of hydrogen-bond donors (Lipinski definition) is 3. The van der Waals surface area contributed by atoms with Crippen molar-refractivity contribution in [1.29, 1.82) is 0 Å². The predicted molar refractivity (Wildman–Crippen MR) is 123 cm³/mol. The van der Waals surface area contributed by atoms with Gasteiger partial charge in [0, 0.05) is 11.6 Å². The molecule has 0 aliphatic heterocycles. The molecule has 3 aromatic carbocycles. The summed E-state index contributed by atoms with van der Waals surface area (Å²) in [5.74, 6) is 0.316. The van der Waals surface area contributed by atoms with Crippen molar-refractivity contribution in [3.63, 3.8) is 0 Å². The molecule has 3 aromatic rings. The normalized spacial score (nSPS) is 10.5. The standard InChI is InChI=1S/C23H21N3O4S/c1-29-20-9-5-4-7-17(20)11-13-21(27)24-23(31)26-25-22(28)15-30-19-12-10-16-6-2-3-8-18(16)14-19/h2-14H,15H2,1H3,(H,25,28)(H2,24,26,27,31)/b13-11+. The van der Waals surface area contributed by atoms with Crippen LogP contribution in [0.3, 0.4) is 0 Å². The summed E-state index contributed by atoms with van der Waals surface area (Å²) < 4.78 is 10.7. The fourth-order valence-corrected chi connectivity index (χ4v) is 2.87. The number of ether oxygens (including phenoxy) is 2. The van der Waals surface area contributed by atoms with Gasteiger partial charge in [-0.25, -0.2) is 0 Å². The number of methoxy groups -OCH3 is 1. The minimum atomic E-state index is -0.454. The number of carbonyl (C=O) groups excluding carboxylic acids is 2. The Morgan fingerprint density at radius 1 is 0.968 bits per heavy atom. The highest BCUT2D eigenvalue weighted by Gasteiger charge is 2.06. The lowest BCUT2D eigenvalue weighted by Gasteiger charge is -2.11. The number of rotatable bonds is 6. The third kappa shape index (κ3) is 6.55. The van der Waals surface area contributed by atoms with E-state index in [9.17, 15) is 9.59 Å². The number of hydrogen-bond acceptors (Lipinski definition) is 5. The van der Waals surface area contributed by atoms with Crippen LogP contribution >= 0.6 is 12.2 Å². The molecule has 0 saturated heterocycles. The summed E-state index contributed by atoms with van der Waals surface area (Å²) in [7, 11) is 1.55. The quantitative estimate of drug-likeness (QED) is 0.313. The summed E-state index contributed by atoms with van der Waals surface area (Å²) >= 11 is 5.00. The van der Waals surface area contributed by atoms with Crippen LogP contribution in [0.5, 0.6) is 11.5 Å². The van der Waals surface area contributed by atoms with Gasteiger partial charge >= 0.3 is 0 Å². The number of nitrogens with one attached hydrogen (secondary N) is 3. The Morgan fingerprint density at radius 3 is 2.52 bits per heavy atom. The highest BCUT2D eigenvalue weighted by molar-refractivity contribution is 7.80. The van der Waals surface area contributed by atoms with Crippen molar-refractivity contribution in [2.45, 2.75) is 0 Å². The molecular weight excluding hydrogens is 414 g/mol. The Kier molecular flexibility index (Phi) is 7.56. The van der Waals surface area contributed by atoms with Crippen LogP contribution in [-0.4, -0.2) is 30.6 Å². The number of fused-ring (bicyclic) bond motifs is 1. The Bertz CT molecular complexity index is 1130. The van der Waals surface area contributed by atoms with Gasteiger partial charge in [-0.05, 0) is 47.3 Å². The van der Waals surface area contributed by atoms with Crippen molar-refractivity contribution in [3.8, 4) is 11.5 Å². The molecule has 0 aliphatic rings. The van der Waals surface area contributed by atoms with Gasteiger partial charge in [0.1, 0.15) is 11.5 Å². The first-order valence-electron chi connectivity index (χ1n) is 9.37. The molecular formula is C23H21N3O4S. The molecule has 0 unspecified atom stereocenters. The van der Waals surface area contributed by atoms with Gasteiger partial charge in [0.05, 0.1) is 7.11 Å². The third-order valence-corrected chi connectivity index (χ3v) is 4.40. The van der Waals surface area contributed by atoms with Crippen LogP contribution in [0.15, 0.2) is 72.8 Å². The largest absolute Gasteiger partial charge is 0.496 e. The second kappa shape index (κ2) is 10.7. The summed E-state index contributed by atoms with van der Waals surface area (Å²) in [6.45, 7) is -0.213. The molecule has 0 aromatic heterocycles. The molecule has 3 N–H and O–H groups in total. The molecule has 0 spiro atoms. The Hall–Kier alpha value is -3.91. The average Bonchev–Trinajstić information content (AvgIpc) is 2.80. The molecule has 3 rings (SSSR count). The van der Waals surface area contributed by atoms with Gasteiger partial charge in [-0.3, -0.25) is 25.8 Å². The van der Waals surface area contributed by atoms with Crippen LogP contribution in [0.1, 0.15) is 5.56 Å². The second-order valence-electron chi connectivity index (χ2n) is 6.36. The topological polar surface area (TPSA) is 88.7 Å². The van der Waals surface area contributed by atoms with Crippen LogP contribution in [0.4, 0.5) is 0 Å². The molecule has 2 amide bonds. The van der Waals surface area contributed by atoms with Crippen LogP contribution in [0, 0.1) is 0 Å². The molecule has 0 atom stereocenters. The van der Waals surface area contributed by atoms with E-state index in [2.05, 4.69) is 16.2 Å². The Morgan fingerprint density at radius 2 is 1.71 bits per heavy atom. The van der Waals surface area contributed by atoms with E-state index in [0.717, 1.165) is 16.3 Å². The van der Waals surface area contributed by atoms with Gasteiger partial charge in [0.15, 0.2) is 11.7 Å². The van der Waals surface area contributed by atoms with E-state index in [1.165, 1.54) is 6.08 Å². The minimum absolute atomic E-state index is 0.0475. The van der Waals surface area contributed by atoms with E-state index in [0.29, 0.717) is 11.5 Å².